The summed E-state index contributed by atoms with van der Waals surface area (Å²) in [7, 11) is 3.13. The van der Waals surface area contributed by atoms with Crippen LogP contribution < -0.4 is 0 Å². The number of rotatable bonds is 8. The fourth-order valence-electron chi connectivity index (χ4n) is 1.61. The molecule has 6 heteroatoms. The van der Waals surface area contributed by atoms with Crippen molar-refractivity contribution in [3.05, 3.63) is 0 Å². The number of hydrogen-bond acceptors (Lipinski definition) is 5. The molecule has 16 heavy (non-hydrogen) atoms. The third-order valence-electron chi connectivity index (χ3n) is 2.40. The largest absolute Gasteiger partial charge is 0.364 e. The lowest BCUT2D eigenvalue weighted by Gasteiger charge is -2.45. The number of nitrogens with zero attached hydrogens (tertiary/aromatic N) is 1. The molecule has 1 amide bonds. The first-order chi connectivity index (χ1) is 7.76. The van der Waals surface area contributed by atoms with Crippen LogP contribution >= 0.6 is 11.8 Å². The monoisotopic (exact) mass is 249 g/mol. The minimum atomic E-state index is -0.367. The summed E-state index contributed by atoms with van der Waals surface area (Å²) in [6.07, 6.45) is -0.367. The van der Waals surface area contributed by atoms with E-state index in [0.29, 0.717) is 6.73 Å². The van der Waals surface area contributed by atoms with Gasteiger partial charge in [0.2, 0.25) is 0 Å². The number of methoxy groups -OCH3 is 2. The summed E-state index contributed by atoms with van der Waals surface area (Å²) in [5.74, 6) is 1.89. The molecule has 0 N–H and O–H groups in total. The van der Waals surface area contributed by atoms with Crippen LogP contribution in [0, 0.1) is 0 Å². The number of hydrogen-bond donors (Lipinski definition) is 0. The van der Waals surface area contributed by atoms with Gasteiger partial charge in [0.25, 0.3) is 5.91 Å². The van der Waals surface area contributed by atoms with Gasteiger partial charge in [-0.15, -0.1) is 0 Å². The van der Waals surface area contributed by atoms with Crippen LogP contribution in [-0.4, -0.2) is 62.2 Å². The summed E-state index contributed by atoms with van der Waals surface area (Å²) in [6.45, 7) is 2.59. The third-order valence-corrected chi connectivity index (χ3v) is 3.39. The van der Waals surface area contributed by atoms with Crippen LogP contribution in [0.2, 0.25) is 0 Å². The number of amides is 1. The SMILES string of the molecule is CCSC[C@H]1[C@@H](OCOC)C(=O)N1COC. The molecule has 94 valence electrons. The molecule has 1 rings (SSSR count). The van der Waals surface area contributed by atoms with Crippen molar-refractivity contribution < 1.29 is 19.0 Å². The standard InChI is InChI=1S/C10H19NO4S/c1-4-16-5-8-9(15-7-14-3)10(12)11(8)6-13-2/h8-9H,4-7H2,1-3H3/t8-,9+/m0/s1. The average molecular weight is 249 g/mol. The van der Waals surface area contributed by atoms with Gasteiger partial charge in [-0.1, -0.05) is 6.92 Å². The first-order valence-electron chi connectivity index (χ1n) is 5.24. The van der Waals surface area contributed by atoms with Gasteiger partial charge >= 0.3 is 0 Å². The molecule has 0 aliphatic carbocycles. The summed E-state index contributed by atoms with van der Waals surface area (Å²) in [5.41, 5.74) is 0. The molecule has 0 radical (unpaired) electrons. The second-order valence-corrected chi connectivity index (χ2v) is 4.77. The Bertz CT molecular complexity index is 227. The summed E-state index contributed by atoms with van der Waals surface area (Å²) < 4.78 is 15.1. The summed E-state index contributed by atoms with van der Waals surface area (Å²) in [4.78, 5) is 13.4. The normalized spacial score (nSPS) is 24.7. The fourth-order valence-corrected chi connectivity index (χ4v) is 2.44. The highest BCUT2D eigenvalue weighted by atomic mass is 32.2. The number of thioether (sulfide) groups is 1. The van der Waals surface area contributed by atoms with Crippen LogP contribution in [0.1, 0.15) is 6.92 Å². The highest BCUT2D eigenvalue weighted by molar-refractivity contribution is 7.99. The molecule has 1 heterocycles. The molecule has 1 fully saturated rings. The zero-order valence-electron chi connectivity index (χ0n) is 9.97. The molecule has 0 aromatic rings. The van der Waals surface area contributed by atoms with Crippen molar-refractivity contribution in [3.8, 4) is 0 Å². The first kappa shape index (κ1) is 13.8. The smallest absolute Gasteiger partial charge is 0.256 e. The van der Waals surface area contributed by atoms with E-state index in [-0.39, 0.29) is 24.8 Å². The van der Waals surface area contributed by atoms with Crippen molar-refractivity contribution in [1.29, 1.82) is 0 Å². The van der Waals surface area contributed by atoms with E-state index in [1.54, 1.807) is 30.9 Å². The van der Waals surface area contributed by atoms with E-state index in [4.69, 9.17) is 14.2 Å². The van der Waals surface area contributed by atoms with Gasteiger partial charge in [-0.25, -0.2) is 0 Å². The zero-order valence-corrected chi connectivity index (χ0v) is 10.8. The van der Waals surface area contributed by atoms with Crippen molar-refractivity contribution in [2.75, 3.05) is 39.2 Å². The zero-order chi connectivity index (χ0) is 12.0. The van der Waals surface area contributed by atoms with E-state index in [2.05, 4.69) is 6.92 Å². The van der Waals surface area contributed by atoms with Gasteiger partial charge in [0.05, 0.1) is 6.04 Å². The molecule has 1 aliphatic rings. The van der Waals surface area contributed by atoms with Gasteiger partial charge in [-0.3, -0.25) is 4.79 Å². The Morgan fingerprint density at radius 2 is 2.12 bits per heavy atom. The predicted molar refractivity (Wildman–Crippen MR) is 62.3 cm³/mol. The van der Waals surface area contributed by atoms with Crippen molar-refractivity contribution in [2.45, 2.75) is 19.1 Å². The lowest BCUT2D eigenvalue weighted by atomic mass is 10.0. The molecule has 2 atom stereocenters. The molecule has 0 spiro atoms. The molecule has 0 aromatic carbocycles. The van der Waals surface area contributed by atoms with Crippen molar-refractivity contribution in [3.63, 3.8) is 0 Å². The number of ether oxygens (including phenoxy) is 3. The van der Waals surface area contributed by atoms with E-state index in [9.17, 15) is 4.79 Å². The molecule has 1 saturated heterocycles. The molecular weight excluding hydrogens is 230 g/mol. The van der Waals surface area contributed by atoms with Crippen LogP contribution in [0.25, 0.3) is 0 Å². The Labute approximate surface area is 100 Å². The Balaban J connectivity index is 2.45. The summed E-state index contributed by atoms with van der Waals surface area (Å²) >= 11 is 1.79. The quantitative estimate of drug-likeness (QED) is 0.464. The van der Waals surface area contributed by atoms with E-state index in [1.165, 1.54) is 0 Å². The lowest BCUT2D eigenvalue weighted by molar-refractivity contribution is -0.193. The van der Waals surface area contributed by atoms with Gasteiger partial charge in [-0.2, -0.15) is 11.8 Å². The van der Waals surface area contributed by atoms with E-state index < -0.39 is 0 Å². The van der Waals surface area contributed by atoms with Gasteiger partial charge in [0.1, 0.15) is 13.5 Å². The van der Waals surface area contributed by atoms with Gasteiger partial charge in [0.15, 0.2) is 6.10 Å². The number of β-lactam (4-membered cyclic amide) rings is 1. The molecular formula is C10H19NO4S. The first-order valence-corrected chi connectivity index (χ1v) is 6.39. The Morgan fingerprint density at radius 3 is 2.69 bits per heavy atom. The van der Waals surface area contributed by atoms with Crippen molar-refractivity contribution >= 4 is 17.7 Å². The Morgan fingerprint density at radius 1 is 1.38 bits per heavy atom. The second-order valence-electron chi connectivity index (χ2n) is 3.45. The molecule has 0 bridgehead atoms. The van der Waals surface area contributed by atoms with Gasteiger partial charge in [-0.05, 0) is 5.75 Å². The molecule has 1 aliphatic heterocycles. The predicted octanol–water partition coefficient (Wildman–Crippen LogP) is 0.543. The molecule has 0 aromatic heterocycles. The number of likely N-dealkylation sites (tertiary alicyclic amines) is 1. The minimum Gasteiger partial charge on any atom is -0.364 e. The minimum absolute atomic E-state index is 0.0133. The highest BCUT2D eigenvalue weighted by Gasteiger charge is 2.47. The fraction of sp³-hybridized carbons (Fsp3) is 0.900. The van der Waals surface area contributed by atoms with Crippen LogP contribution in [0.4, 0.5) is 0 Å². The van der Waals surface area contributed by atoms with Crippen LogP contribution in [0.3, 0.4) is 0 Å². The third kappa shape index (κ3) is 3.10. The van der Waals surface area contributed by atoms with E-state index >= 15 is 0 Å². The summed E-state index contributed by atoms with van der Waals surface area (Å²) in [6, 6.07) is 0.104. The Hall–Kier alpha value is -0.300. The van der Waals surface area contributed by atoms with E-state index in [1.807, 2.05) is 0 Å². The van der Waals surface area contributed by atoms with Gasteiger partial charge in [0, 0.05) is 20.0 Å². The van der Waals surface area contributed by atoms with Crippen molar-refractivity contribution in [1.82, 2.24) is 4.90 Å². The maximum Gasteiger partial charge on any atom is 0.256 e. The van der Waals surface area contributed by atoms with Crippen LogP contribution in [0.5, 0.6) is 0 Å². The topological polar surface area (TPSA) is 48.0 Å². The average Bonchev–Trinajstić information content (AvgIpc) is 2.30. The molecule has 5 nitrogen and oxygen atoms in total. The van der Waals surface area contributed by atoms with Gasteiger partial charge < -0.3 is 19.1 Å². The lowest BCUT2D eigenvalue weighted by Crippen LogP contribution is -2.67. The van der Waals surface area contributed by atoms with Crippen molar-refractivity contribution in [2.24, 2.45) is 0 Å². The molecule has 0 saturated carbocycles. The second kappa shape index (κ2) is 7.11. The summed E-state index contributed by atoms with van der Waals surface area (Å²) in [5, 5.41) is 0. The maximum atomic E-state index is 11.7. The highest BCUT2D eigenvalue weighted by Crippen LogP contribution is 2.26. The van der Waals surface area contributed by atoms with Crippen LogP contribution in [0.15, 0.2) is 0 Å². The Kier molecular flexibility index (Phi) is 6.12. The maximum absolute atomic E-state index is 11.7. The number of carbonyl (C=O) groups excluding carboxylic acids is 1. The molecule has 0 unspecified atom stereocenters. The van der Waals surface area contributed by atoms with Crippen LogP contribution in [-0.2, 0) is 19.0 Å². The van der Waals surface area contributed by atoms with E-state index in [0.717, 1.165) is 11.5 Å². The number of carbonyl (C=O) groups is 1.